The van der Waals surface area contributed by atoms with E-state index in [9.17, 15) is 4.79 Å². The van der Waals surface area contributed by atoms with Gasteiger partial charge in [-0.05, 0) is 30.4 Å². The van der Waals surface area contributed by atoms with E-state index in [2.05, 4.69) is 23.3 Å². The Balaban J connectivity index is 1.69. The van der Waals surface area contributed by atoms with Crippen LogP contribution in [0.4, 0.5) is 0 Å². The van der Waals surface area contributed by atoms with Crippen LogP contribution in [0.5, 0.6) is 0 Å². The molecule has 4 heteroatoms. The van der Waals surface area contributed by atoms with Gasteiger partial charge in [0.05, 0.1) is 19.1 Å². The van der Waals surface area contributed by atoms with Crippen molar-refractivity contribution in [1.82, 2.24) is 4.90 Å². The highest BCUT2D eigenvalue weighted by molar-refractivity contribution is 7.10. The lowest BCUT2D eigenvalue weighted by Crippen LogP contribution is -2.42. The quantitative estimate of drug-likeness (QED) is 0.821. The molecule has 1 saturated heterocycles. The zero-order chi connectivity index (χ0) is 12.5. The number of fused-ring (bicyclic) bond motifs is 1. The molecule has 3 heterocycles. The van der Waals surface area contributed by atoms with E-state index in [4.69, 9.17) is 4.74 Å². The van der Waals surface area contributed by atoms with Crippen LogP contribution in [0.2, 0.25) is 0 Å². The first-order valence-electron chi connectivity index (χ1n) is 6.66. The third-order valence-corrected chi connectivity index (χ3v) is 5.12. The first kappa shape index (κ1) is 12.3. The highest BCUT2D eigenvalue weighted by atomic mass is 32.1. The zero-order valence-electron chi connectivity index (χ0n) is 10.7. The highest BCUT2D eigenvalue weighted by Crippen LogP contribution is 2.33. The number of carbonyl (C=O) groups excluding carboxylic acids is 1. The standard InChI is InChI=1S/C14H19NO2S/c1-10-12-4-7-18-14(12)2-5-15(10)8-11-9-17-6-3-13(11)16/h4,7,10-11H,2-3,5-6,8-9H2,1H3. The number of carbonyl (C=O) groups is 1. The van der Waals surface area contributed by atoms with E-state index in [1.54, 1.807) is 0 Å². The van der Waals surface area contributed by atoms with Gasteiger partial charge in [0, 0.05) is 30.4 Å². The lowest BCUT2D eigenvalue weighted by atomic mass is 9.96. The third kappa shape index (κ3) is 2.25. The van der Waals surface area contributed by atoms with Crippen molar-refractivity contribution in [3.63, 3.8) is 0 Å². The monoisotopic (exact) mass is 265 g/mol. The van der Waals surface area contributed by atoms with Gasteiger partial charge in [-0.3, -0.25) is 9.69 Å². The fraction of sp³-hybridized carbons (Fsp3) is 0.643. The van der Waals surface area contributed by atoms with Gasteiger partial charge in [0.15, 0.2) is 0 Å². The Morgan fingerprint density at radius 2 is 2.39 bits per heavy atom. The molecule has 0 bridgehead atoms. The van der Waals surface area contributed by atoms with E-state index in [0.717, 1.165) is 19.5 Å². The molecule has 2 aliphatic heterocycles. The molecular weight excluding hydrogens is 246 g/mol. The van der Waals surface area contributed by atoms with E-state index in [1.807, 2.05) is 11.3 Å². The molecule has 0 N–H and O–H groups in total. The molecule has 0 radical (unpaired) electrons. The number of ether oxygens (including phenoxy) is 1. The summed E-state index contributed by atoms with van der Waals surface area (Å²) in [5.74, 6) is 0.464. The molecule has 3 rings (SSSR count). The largest absolute Gasteiger partial charge is 0.380 e. The predicted octanol–water partition coefficient (Wildman–Crippen LogP) is 2.27. The summed E-state index contributed by atoms with van der Waals surface area (Å²) < 4.78 is 5.44. The number of nitrogens with zero attached hydrogens (tertiary/aromatic N) is 1. The Labute approximate surface area is 112 Å². The SMILES string of the molecule is CC1c2ccsc2CCN1CC1COCCC1=O. The van der Waals surface area contributed by atoms with Crippen LogP contribution in [-0.2, 0) is 16.0 Å². The minimum Gasteiger partial charge on any atom is -0.380 e. The van der Waals surface area contributed by atoms with Crippen LogP contribution in [0.1, 0.15) is 29.8 Å². The molecule has 1 fully saturated rings. The van der Waals surface area contributed by atoms with E-state index in [0.29, 0.717) is 31.5 Å². The summed E-state index contributed by atoms with van der Waals surface area (Å²) in [5.41, 5.74) is 1.45. The Bertz CT molecular complexity index is 443. The molecule has 0 spiro atoms. The first-order valence-corrected chi connectivity index (χ1v) is 7.54. The summed E-state index contributed by atoms with van der Waals surface area (Å²) in [6.07, 6.45) is 1.72. The van der Waals surface area contributed by atoms with Gasteiger partial charge in [-0.15, -0.1) is 11.3 Å². The minimum atomic E-state index is 0.0846. The van der Waals surface area contributed by atoms with Gasteiger partial charge in [0.2, 0.25) is 0 Å². The lowest BCUT2D eigenvalue weighted by molar-refractivity contribution is -0.131. The van der Waals surface area contributed by atoms with Crippen molar-refractivity contribution >= 4 is 17.1 Å². The summed E-state index contributed by atoms with van der Waals surface area (Å²) >= 11 is 1.86. The molecule has 3 nitrogen and oxygen atoms in total. The third-order valence-electron chi connectivity index (χ3n) is 4.13. The van der Waals surface area contributed by atoms with Gasteiger partial charge in [-0.25, -0.2) is 0 Å². The molecule has 2 atom stereocenters. The predicted molar refractivity (Wildman–Crippen MR) is 71.9 cm³/mol. The lowest BCUT2D eigenvalue weighted by Gasteiger charge is -2.36. The average molecular weight is 265 g/mol. The van der Waals surface area contributed by atoms with Crippen molar-refractivity contribution in [2.45, 2.75) is 25.8 Å². The van der Waals surface area contributed by atoms with E-state index >= 15 is 0 Å². The second kappa shape index (κ2) is 5.11. The molecule has 0 aromatic carbocycles. The second-order valence-electron chi connectivity index (χ2n) is 5.21. The van der Waals surface area contributed by atoms with Crippen molar-refractivity contribution in [1.29, 1.82) is 0 Å². The van der Waals surface area contributed by atoms with Gasteiger partial charge in [-0.2, -0.15) is 0 Å². The fourth-order valence-corrected chi connectivity index (χ4v) is 3.91. The average Bonchev–Trinajstić information content (AvgIpc) is 2.84. The van der Waals surface area contributed by atoms with Crippen LogP contribution in [0.25, 0.3) is 0 Å². The molecule has 2 aliphatic rings. The maximum Gasteiger partial charge on any atom is 0.141 e. The van der Waals surface area contributed by atoms with Gasteiger partial charge in [0.1, 0.15) is 5.78 Å². The van der Waals surface area contributed by atoms with Gasteiger partial charge >= 0.3 is 0 Å². The number of rotatable bonds is 2. The molecule has 2 unspecified atom stereocenters. The summed E-state index contributed by atoms with van der Waals surface area (Å²) in [5, 5.41) is 2.18. The zero-order valence-corrected chi connectivity index (χ0v) is 11.5. The molecule has 0 saturated carbocycles. The Morgan fingerprint density at radius 3 is 3.22 bits per heavy atom. The number of thiophene rings is 1. The topological polar surface area (TPSA) is 29.5 Å². The fourth-order valence-electron chi connectivity index (χ4n) is 2.94. The van der Waals surface area contributed by atoms with Crippen molar-refractivity contribution < 1.29 is 9.53 Å². The summed E-state index contributed by atoms with van der Waals surface area (Å²) in [7, 11) is 0. The second-order valence-corrected chi connectivity index (χ2v) is 6.21. The normalized spacial score (nSPS) is 29.3. The van der Waals surface area contributed by atoms with Gasteiger partial charge in [0.25, 0.3) is 0 Å². The first-order chi connectivity index (χ1) is 8.75. The van der Waals surface area contributed by atoms with Crippen molar-refractivity contribution in [3.8, 4) is 0 Å². The molecule has 98 valence electrons. The number of hydrogen-bond acceptors (Lipinski definition) is 4. The highest BCUT2D eigenvalue weighted by Gasteiger charge is 2.30. The molecule has 1 aromatic rings. The molecule has 1 aromatic heterocycles. The van der Waals surface area contributed by atoms with Crippen LogP contribution in [0.3, 0.4) is 0 Å². The maximum absolute atomic E-state index is 11.9. The molecule has 0 amide bonds. The Hall–Kier alpha value is -0.710. The van der Waals surface area contributed by atoms with Crippen molar-refractivity contribution in [2.75, 3.05) is 26.3 Å². The maximum atomic E-state index is 11.9. The number of ketones is 1. The van der Waals surface area contributed by atoms with Crippen molar-refractivity contribution in [2.24, 2.45) is 5.92 Å². The van der Waals surface area contributed by atoms with Crippen LogP contribution in [0, 0.1) is 5.92 Å². The molecular formula is C14H19NO2S. The van der Waals surface area contributed by atoms with Gasteiger partial charge in [-0.1, -0.05) is 0 Å². The van der Waals surface area contributed by atoms with E-state index in [-0.39, 0.29) is 5.92 Å². The molecule has 0 aliphatic carbocycles. The van der Waals surface area contributed by atoms with E-state index in [1.165, 1.54) is 10.4 Å². The van der Waals surface area contributed by atoms with Gasteiger partial charge < -0.3 is 4.74 Å². The smallest absolute Gasteiger partial charge is 0.141 e. The number of Topliss-reactive ketones (excluding diaryl/α,β-unsaturated/α-hetero) is 1. The van der Waals surface area contributed by atoms with Crippen LogP contribution < -0.4 is 0 Å². The molecule has 18 heavy (non-hydrogen) atoms. The Morgan fingerprint density at radius 1 is 1.50 bits per heavy atom. The van der Waals surface area contributed by atoms with Crippen LogP contribution in [-0.4, -0.2) is 37.0 Å². The van der Waals surface area contributed by atoms with Crippen molar-refractivity contribution in [3.05, 3.63) is 21.9 Å². The minimum absolute atomic E-state index is 0.0846. The number of hydrogen-bond donors (Lipinski definition) is 0. The summed E-state index contributed by atoms with van der Waals surface area (Å²) in [6, 6.07) is 2.67. The Kier molecular flexibility index (Phi) is 3.50. The van der Waals surface area contributed by atoms with Crippen LogP contribution >= 0.6 is 11.3 Å². The van der Waals surface area contributed by atoms with Crippen LogP contribution in [0.15, 0.2) is 11.4 Å². The summed E-state index contributed by atoms with van der Waals surface area (Å²) in [6.45, 7) is 5.39. The van der Waals surface area contributed by atoms with E-state index < -0.39 is 0 Å². The summed E-state index contributed by atoms with van der Waals surface area (Å²) in [4.78, 5) is 15.8.